The smallest absolute Gasteiger partial charge is 0.341 e. The molecule has 0 radical (unpaired) electrons. The number of hydrogen-bond acceptors (Lipinski definition) is 6. The molecule has 8 nitrogen and oxygen atoms in total. The van der Waals surface area contributed by atoms with Crippen LogP contribution >= 0.6 is 0 Å². The third-order valence-corrected chi connectivity index (χ3v) is 7.28. The molecular weight excluding hydrogens is 463 g/mol. The minimum absolute atomic E-state index is 0.165. The quantitative estimate of drug-likeness (QED) is 0.552. The molecule has 0 bridgehead atoms. The Bertz CT molecular complexity index is 1130. The first kappa shape index (κ1) is 25.8. The predicted molar refractivity (Wildman–Crippen MR) is 123 cm³/mol. The minimum Gasteiger partial charge on any atom is -0.452 e. The fraction of sp³-hybridized carbons (Fsp3) is 0.417. The number of carbonyl (C=O) groups is 2. The molecular formula is C24H29FN2O6S. The molecule has 1 aliphatic heterocycles. The molecule has 0 aromatic heterocycles. The van der Waals surface area contributed by atoms with Crippen LogP contribution in [-0.2, 0) is 30.8 Å². The zero-order valence-corrected chi connectivity index (χ0v) is 20.3. The summed E-state index contributed by atoms with van der Waals surface area (Å²) >= 11 is 0. The van der Waals surface area contributed by atoms with Gasteiger partial charge in [0, 0.05) is 25.2 Å². The summed E-state index contributed by atoms with van der Waals surface area (Å²) in [7, 11) is -3.93. The number of rotatable bonds is 7. The van der Waals surface area contributed by atoms with E-state index in [1.165, 1.54) is 4.31 Å². The summed E-state index contributed by atoms with van der Waals surface area (Å²) in [6, 6.07) is 12.3. The molecule has 0 spiro atoms. The number of sulfonamides is 1. The summed E-state index contributed by atoms with van der Waals surface area (Å²) in [5, 5.41) is 0. The standard InChI is InChI=1S/C24H29FN2O6S/c1-24(2,3)27(16-18-7-5-4-6-8-18)22(28)17-33-23(29)20-15-19(9-10-21(20)25)34(30,31)26-11-13-32-14-12-26/h4-10,15H,11-14,16-17H2,1-3H3. The van der Waals surface area contributed by atoms with Crippen molar-refractivity contribution in [2.75, 3.05) is 32.9 Å². The lowest BCUT2D eigenvalue weighted by Gasteiger charge is -2.35. The highest BCUT2D eigenvalue weighted by atomic mass is 32.2. The molecule has 10 heteroatoms. The van der Waals surface area contributed by atoms with E-state index < -0.39 is 45.4 Å². The molecule has 0 atom stereocenters. The highest BCUT2D eigenvalue weighted by Gasteiger charge is 2.30. The lowest BCUT2D eigenvalue weighted by Crippen LogP contribution is -2.46. The number of esters is 1. The van der Waals surface area contributed by atoms with E-state index in [0.29, 0.717) is 6.54 Å². The van der Waals surface area contributed by atoms with Gasteiger partial charge >= 0.3 is 5.97 Å². The Morgan fingerprint density at radius 3 is 2.35 bits per heavy atom. The Kier molecular flexibility index (Phi) is 8.06. The Hall–Kier alpha value is -2.82. The number of carbonyl (C=O) groups excluding carboxylic acids is 2. The molecule has 0 unspecified atom stereocenters. The van der Waals surface area contributed by atoms with Crippen LogP contribution in [0.5, 0.6) is 0 Å². The number of hydrogen-bond donors (Lipinski definition) is 0. The van der Waals surface area contributed by atoms with Crippen LogP contribution < -0.4 is 0 Å². The van der Waals surface area contributed by atoms with Crippen LogP contribution in [0.1, 0.15) is 36.7 Å². The zero-order valence-electron chi connectivity index (χ0n) is 19.5. The van der Waals surface area contributed by atoms with Crippen molar-refractivity contribution >= 4 is 21.9 Å². The van der Waals surface area contributed by atoms with Gasteiger partial charge in [-0.1, -0.05) is 30.3 Å². The van der Waals surface area contributed by atoms with E-state index in [1.807, 2.05) is 51.1 Å². The van der Waals surface area contributed by atoms with Crippen molar-refractivity contribution in [2.45, 2.75) is 37.8 Å². The lowest BCUT2D eigenvalue weighted by molar-refractivity contribution is -0.140. The van der Waals surface area contributed by atoms with Crippen molar-refractivity contribution in [1.29, 1.82) is 0 Å². The highest BCUT2D eigenvalue weighted by molar-refractivity contribution is 7.89. The Morgan fingerprint density at radius 2 is 1.74 bits per heavy atom. The van der Waals surface area contributed by atoms with Crippen LogP contribution in [0.15, 0.2) is 53.4 Å². The van der Waals surface area contributed by atoms with Crippen LogP contribution in [0.3, 0.4) is 0 Å². The molecule has 2 aromatic rings. The fourth-order valence-corrected chi connectivity index (χ4v) is 4.94. The molecule has 2 aromatic carbocycles. The summed E-state index contributed by atoms with van der Waals surface area (Å²) in [5.74, 6) is -2.50. The monoisotopic (exact) mass is 492 g/mol. The molecule has 0 aliphatic carbocycles. The number of benzene rings is 2. The third-order valence-electron chi connectivity index (χ3n) is 5.39. The van der Waals surface area contributed by atoms with Crippen molar-refractivity contribution in [1.82, 2.24) is 9.21 Å². The van der Waals surface area contributed by atoms with Gasteiger partial charge in [-0.2, -0.15) is 4.31 Å². The van der Waals surface area contributed by atoms with Gasteiger partial charge in [0.15, 0.2) is 6.61 Å². The second-order valence-corrected chi connectivity index (χ2v) is 10.8. The van der Waals surface area contributed by atoms with E-state index in [2.05, 4.69) is 0 Å². The number of morpholine rings is 1. The molecule has 1 amide bonds. The van der Waals surface area contributed by atoms with Crippen molar-refractivity contribution in [2.24, 2.45) is 0 Å². The largest absolute Gasteiger partial charge is 0.452 e. The molecule has 1 heterocycles. The molecule has 34 heavy (non-hydrogen) atoms. The first-order valence-electron chi connectivity index (χ1n) is 10.9. The van der Waals surface area contributed by atoms with Gasteiger partial charge in [-0.05, 0) is 44.5 Å². The summed E-state index contributed by atoms with van der Waals surface area (Å²) in [6.07, 6.45) is 0. The van der Waals surface area contributed by atoms with E-state index >= 15 is 0 Å². The normalized spacial score (nSPS) is 15.1. The summed E-state index contributed by atoms with van der Waals surface area (Å²) in [6.45, 7) is 6.11. The first-order chi connectivity index (χ1) is 16.0. The van der Waals surface area contributed by atoms with E-state index in [4.69, 9.17) is 9.47 Å². The van der Waals surface area contributed by atoms with Crippen LogP contribution in [0.25, 0.3) is 0 Å². The highest BCUT2D eigenvalue weighted by Crippen LogP contribution is 2.22. The second-order valence-electron chi connectivity index (χ2n) is 8.87. The summed E-state index contributed by atoms with van der Waals surface area (Å²) < 4.78 is 51.6. The van der Waals surface area contributed by atoms with Gasteiger partial charge in [0.2, 0.25) is 10.0 Å². The van der Waals surface area contributed by atoms with Crippen LogP contribution in [-0.4, -0.2) is 67.9 Å². The maximum atomic E-state index is 14.4. The second kappa shape index (κ2) is 10.6. The predicted octanol–water partition coefficient (Wildman–Crippen LogP) is 2.83. The maximum absolute atomic E-state index is 14.4. The minimum atomic E-state index is -3.93. The molecule has 1 saturated heterocycles. The van der Waals surface area contributed by atoms with E-state index in [-0.39, 0.29) is 31.2 Å². The maximum Gasteiger partial charge on any atom is 0.341 e. The molecule has 184 valence electrons. The Labute approximate surface area is 199 Å². The van der Waals surface area contributed by atoms with Gasteiger partial charge in [-0.15, -0.1) is 0 Å². The summed E-state index contributed by atoms with van der Waals surface area (Å²) in [4.78, 5) is 26.8. The Balaban J connectivity index is 1.73. The SMILES string of the molecule is CC(C)(C)N(Cc1ccccc1)C(=O)COC(=O)c1cc(S(=O)(=O)N2CCOCC2)ccc1F. The third kappa shape index (κ3) is 6.19. The average molecular weight is 493 g/mol. The van der Waals surface area contributed by atoms with Gasteiger partial charge in [0.1, 0.15) is 5.82 Å². The number of nitrogens with zero attached hydrogens (tertiary/aromatic N) is 2. The van der Waals surface area contributed by atoms with Gasteiger partial charge in [-0.3, -0.25) is 4.79 Å². The number of halogens is 1. The van der Waals surface area contributed by atoms with Gasteiger partial charge in [-0.25, -0.2) is 17.6 Å². The van der Waals surface area contributed by atoms with Crippen LogP contribution in [0.4, 0.5) is 4.39 Å². The van der Waals surface area contributed by atoms with Crippen LogP contribution in [0.2, 0.25) is 0 Å². The lowest BCUT2D eigenvalue weighted by atomic mass is 10.0. The van der Waals surface area contributed by atoms with Crippen LogP contribution in [0, 0.1) is 5.82 Å². The topological polar surface area (TPSA) is 93.2 Å². The molecule has 3 rings (SSSR count). The van der Waals surface area contributed by atoms with Crippen molar-refractivity contribution in [3.8, 4) is 0 Å². The van der Waals surface area contributed by atoms with E-state index in [9.17, 15) is 22.4 Å². The van der Waals surface area contributed by atoms with Gasteiger partial charge in [0.25, 0.3) is 5.91 Å². The number of ether oxygens (including phenoxy) is 2. The number of amides is 1. The van der Waals surface area contributed by atoms with Gasteiger partial charge < -0.3 is 14.4 Å². The van der Waals surface area contributed by atoms with E-state index in [0.717, 1.165) is 23.8 Å². The summed E-state index contributed by atoms with van der Waals surface area (Å²) in [5.41, 5.74) is -0.201. The average Bonchev–Trinajstić information content (AvgIpc) is 2.81. The molecule has 0 saturated carbocycles. The van der Waals surface area contributed by atoms with Crippen molar-refractivity contribution in [3.63, 3.8) is 0 Å². The van der Waals surface area contributed by atoms with Crippen molar-refractivity contribution in [3.05, 3.63) is 65.5 Å². The first-order valence-corrected chi connectivity index (χ1v) is 12.3. The molecule has 0 N–H and O–H groups in total. The van der Waals surface area contributed by atoms with Gasteiger partial charge in [0.05, 0.1) is 23.7 Å². The zero-order chi connectivity index (χ0) is 24.9. The fourth-order valence-electron chi connectivity index (χ4n) is 3.51. The van der Waals surface area contributed by atoms with E-state index in [1.54, 1.807) is 4.90 Å². The molecule has 1 fully saturated rings. The molecule has 1 aliphatic rings. The van der Waals surface area contributed by atoms with Crippen molar-refractivity contribution < 1.29 is 31.9 Å². The Morgan fingerprint density at radius 1 is 1.09 bits per heavy atom.